The smallest absolute Gasteiger partial charge is 0.0326 e. The van der Waals surface area contributed by atoms with E-state index < -0.39 is 0 Å². The van der Waals surface area contributed by atoms with Crippen LogP contribution in [0.15, 0.2) is 0 Å². The molecule has 0 heterocycles. The number of hydrogen-bond acceptors (Lipinski definition) is 0. The highest BCUT2D eigenvalue weighted by Crippen LogP contribution is 2.37. The summed E-state index contributed by atoms with van der Waals surface area (Å²) >= 11 is 0. The minimum Gasteiger partial charge on any atom is -0.0654 e. The van der Waals surface area contributed by atoms with Crippen molar-refractivity contribution in [2.75, 3.05) is 0 Å². The summed E-state index contributed by atoms with van der Waals surface area (Å²) in [5.74, 6) is 1.80. The molecule has 0 bridgehead atoms. The van der Waals surface area contributed by atoms with Gasteiger partial charge in [-0.15, -0.1) is 0 Å². The molecule has 0 N–H and O–H groups in total. The van der Waals surface area contributed by atoms with E-state index in [2.05, 4.69) is 41.5 Å². The molecule has 0 amide bonds. The second kappa shape index (κ2) is 9.00. The zero-order valence-corrected chi connectivity index (χ0v) is 13.3. The van der Waals surface area contributed by atoms with Crippen LogP contribution < -0.4 is 0 Å². The standard InChI is InChI=1S/C17H36/c1-7-10-11-12-17(6,9-3)14-16(5)13-15(4)8-2/h15-16H,7-14H2,1-6H3. The quantitative estimate of drug-likeness (QED) is 0.385. The molecule has 0 rings (SSSR count). The minimum absolute atomic E-state index is 0.599. The third-order valence-corrected chi connectivity index (χ3v) is 4.58. The van der Waals surface area contributed by atoms with Crippen molar-refractivity contribution in [1.82, 2.24) is 0 Å². The SMILES string of the molecule is CCCCCC(C)(CC)CC(C)CC(C)CC. The van der Waals surface area contributed by atoms with Crippen LogP contribution >= 0.6 is 0 Å². The monoisotopic (exact) mass is 240 g/mol. The van der Waals surface area contributed by atoms with Crippen molar-refractivity contribution in [1.29, 1.82) is 0 Å². The van der Waals surface area contributed by atoms with Gasteiger partial charge in [-0.05, 0) is 36.5 Å². The maximum absolute atomic E-state index is 2.51. The Morgan fingerprint density at radius 3 is 2.06 bits per heavy atom. The van der Waals surface area contributed by atoms with E-state index in [1.165, 1.54) is 51.4 Å². The lowest BCUT2D eigenvalue weighted by Gasteiger charge is -2.32. The van der Waals surface area contributed by atoms with E-state index in [0.29, 0.717) is 5.41 Å². The molecule has 0 radical (unpaired) electrons. The van der Waals surface area contributed by atoms with Crippen molar-refractivity contribution in [3.05, 3.63) is 0 Å². The predicted molar refractivity (Wildman–Crippen MR) is 80.4 cm³/mol. The molecule has 17 heavy (non-hydrogen) atoms. The van der Waals surface area contributed by atoms with Gasteiger partial charge in [0.15, 0.2) is 0 Å². The molecule has 0 aliphatic carbocycles. The van der Waals surface area contributed by atoms with Crippen molar-refractivity contribution in [3.63, 3.8) is 0 Å². The van der Waals surface area contributed by atoms with Crippen molar-refractivity contribution in [2.45, 2.75) is 92.9 Å². The Bertz CT molecular complexity index is 173. The summed E-state index contributed by atoms with van der Waals surface area (Å²) in [5.41, 5.74) is 0.599. The molecule has 0 heteroatoms. The average Bonchev–Trinajstić information content (AvgIpc) is 2.29. The second-order valence-corrected chi connectivity index (χ2v) is 6.68. The fourth-order valence-corrected chi connectivity index (χ4v) is 3.00. The van der Waals surface area contributed by atoms with Crippen LogP contribution in [0.3, 0.4) is 0 Å². The molecule has 0 nitrogen and oxygen atoms in total. The molecule has 0 aliphatic rings. The van der Waals surface area contributed by atoms with E-state index in [1.54, 1.807) is 0 Å². The van der Waals surface area contributed by atoms with Gasteiger partial charge in [0, 0.05) is 0 Å². The van der Waals surface area contributed by atoms with Crippen LogP contribution in [0.1, 0.15) is 92.9 Å². The number of hydrogen-bond donors (Lipinski definition) is 0. The Kier molecular flexibility index (Phi) is 9.00. The van der Waals surface area contributed by atoms with Gasteiger partial charge < -0.3 is 0 Å². The molecular formula is C17H36. The summed E-state index contributed by atoms with van der Waals surface area (Å²) in [6, 6.07) is 0. The zero-order valence-electron chi connectivity index (χ0n) is 13.3. The highest BCUT2D eigenvalue weighted by molar-refractivity contribution is 4.76. The maximum Gasteiger partial charge on any atom is -0.0326 e. The van der Waals surface area contributed by atoms with Gasteiger partial charge in [-0.1, -0.05) is 73.6 Å². The Balaban J connectivity index is 4.07. The Hall–Kier alpha value is 0. The summed E-state index contributed by atoms with van der Waals surface area (Å²) in [6.07, 6.45) is 11.2. The fourth-order valence-electron chi connectivity index (χ4n) is 3.00. The topological polar surface area (TPSA) is 0 Å². The van der Waals surface area contributed by atoms with Gasteiger partial charge in [0.1, 0.15) is 0 Å². The molecule has 104 valence electrons. The van der Waals surface area contributed by atoms with Crippen LogP contribution in [0.25, 0.3) is 0 Å². The van der Waals surface area contributed by atoms with E-state index in [-0.39, 0.29) is 0 Å². The predicted octanol–water partition coefficient (Wildman–Crippen LogP) is 6.45. The summed E-state index contributed by atoms with van der Waals surface area (Å²) in [4.78, 5) is 0. The van der Waals surface area contributed by atoms with Crippen LogP contribution in [0.2, 0.25) is 0 Å². The highest BCUT2D eigenvalue weighted by Gasteiger charge is 2.24. The molecule has 0 saturated heterocycles. The lowest BCUT2D eigenvalue weighted by molar-refractivity contribution is 0.196. The van der Waals surface area contributed by atoms with Gasteiger partial charge in [0.25, 0.3) is 0 Å². The molecule has 3 unspecified atom stereocenters. The minimum atomic E-state index is 0.599. The molecule has 3 atom stereocenters. The van der Waals surface area contributed by atoms with Gasteiger partial charge in [-0.25, -0.2) is 0 Å². The largest absolute Gasteiger partial charge is 0.0654 e. The van der Waals surface area contributed by atoms with E-state index in [1.807, 2.05) is 0 Å². The lowest BCUT2D eigenvalue weighted by Crippen LogP contribution is -2.20. The first-order valence-corrected chi connectivity index (χ1v) is 7.97. The zero-order chi connectivity index (χ0) is 13.3. The normalized spacial score (nSPS) is 18.7. The fraction of sp³-hybridized carbons (Fsp3) is 1.00. The molecule has 0 aliphatic heterocycles. The van der Waals surface area contributed by atoms with Gasteiger partial charge in [0.2, 0.25) is 0 Å². The molecular weight excluding hydrogens is 204 g/mol. The van der Waals surface area contributed by atoms with Crippen LogP contribution in [-0.2, 0) is 0 Å². The van der Waals surface area contributed by atoms with Crippen LogP contribution in [0.4, 0.5) is 0 Å². The van der Waals surface area contributed by atoms with E-state index in [0.717, 1.165) is 11.8 Å². The Labute approximate surface area is 111 Å². The third-order valence-electron chi connectivity index (χ3n) is 4.58. The Morgan fingerprint density at radius 2 is 1.59 bits per heavy atom. The lowest BCUT2D eigenvalue weighted by atomic mass is 9.74. The first-order chi connectivity index (χ1) is 7.97. The van der Waals surface area contributed by atoms with E-state index >= 15 is 0 Å². The maximum atomic E-state index is 2.51. The third kappa shape index (κ3) is 7.84. The Morgan fingerprint density at radius 1 is 0.941 bits per heavy atom. The number of rotatable bonds is 10. The molecule has 0 aromatic heterocycles. The highest BCUT2D eigenvalue weighted by atomic mass is 14.3. The van der Waals surface area contributed by atoms with Crippen LogP contribution in [-0.4, -0.2) is 0 Å². The van der Waals surface area contributed by atoms with Crippen LogP contribution in [0.5, 0.6) is 0 Å². The molecule has 0 aromatic rings. The van der Waals surface area contributed by atoms with Gasteiger partial charge in [-0.3, -0.25) is 0 Å². The summed E-state index contributed by atoms with van der Waals surface area (Å²) in [6.45, 7) is 14.4. The van der Waals surface area contributed by atoms with Crippen molar-refractivity contribution >= 4 is 0 Å². The van der Waals surface area contributed by atoms with E-state index in [4.69, 9.17) is 0 Å². The van der Waals surface area contributed by atoms with Crippen LogP contribution in [0, 0.1) is 17.3 Å². The van der Waals surface area contributed by atoms with Gasteiger partial charge in [-0.2, -0.15) is 0 Å². The first-order valence-electron chi connectivity index (χ1n) is 7.97. The molecule has 0 aromatic carbocycles. The number of unbranched alkanes of at least 4 members (excludes halogenated alkanes) is 2. The molecule has 0 spiro atoms. The van der Waals surface area contributed by atoms with Crippen molar-refractivity contribution < 1.29 is 0 Å². The molecule has 0 fully saturated rings. The van der Waals surface area contributed by atoms with Gasteiger partial charge >= 0.3 is 0 Å². The molecule has 0 saturated carbocycles. The van der Waals surface area contributed by atoms with E-state index in [9.17, 15) is 0 Å². The van der Waals surface area contributed by atoms with Crippen molar-refractivity contribution in [2.24, 2.45) is 17.3 Å². The van der Waals surface area contributed by atoms with Gasteiger partial charge in [0.05, 0.1) is 0 Å². The summed E-state index contributed by atoms with van der Waals surface area (Å²) in [7, 11) is 0. The second-order valence-electron chi connectivity index (χ2n) is 6.68. The van der Waals surface area contributed by atoms with Crippen molar-refractivity contribution in [3.8, 4) is 0 Å². The summed E-state index contributed by atoms with van der Waals surface area (Å²) < 4.78 is 0. The summed E-state index contributed by atoms with van der Waals surface area (Å²) in [5, 5.41) is 0. The average molecular weight is 240 g/mol. The first kappa shape index (κ1) is 17.0.